The summed E-state index contributed by atoms with van der Waals surface area (Å²) in [4.78, 5) is 26.3. The Morgan fingerprint density at radius 2 is 1.75 bits per heavy atom. The summed E-state index contributed by atoms with van der Waals surface area (Å²) in [6.45, 7) is 1.90. The molecule has 40 heavy (non-hydrogen) atoms. The van der Waals surface area contributed by atoms with Crippen molar-refractivity contribution >= 4 is 28.4 Å². The van der Waals surface area contributed by atoms with Gasteiger partial charge >= 0.3 is 6.18 Å². The van der Waals surface area contributed by atoms with Crippen LogP contribution in [-0.4, -0.2) is 35.0 Å². The van der Waals surface area contributed by atoms with Crippen molar-refractivity contribution < 1.29 is 22.7 Å². The average molecular weight is 544 g/mol. The fourth-order valence-electron chi connectivity index (χ4n) is 4.51. The molecule has 5 aromatic rings. The molecule has 2 N–H and O–H groups in total. The highest BCUT2D eigenvalue weighted by Gasteiger charge is 2.30. The lowest BCUT2D eigenvalue weighted by molar-refractivity contribution is -0.137. The molecular weight excluding hydrogens is 519 g/mol. The topological polar surface area (TPSA) is 89.0 Å². The van der Waals surface area contributed by atoms with E-state index in [2.05, 4.69) is 25.6 Å². The van der Waals surface area contributed by atoms with Gasteiger partial charge in [0.05, 0.1) is 23.8 Å². The highest BCUT2D eigenvalue weighted by Crippen LogP contribution is 2.44. The van der Waals surface area contributed by atoms with Gasteiger partial charge in [0.2, 0.25) is 5.95 Å². The van der Waals surface area contributed by atoms with Crippen molar-refractivity contribution in [3.63, 3.8) is 0 Å². The molecule has 202 valence electrons. The molecule has 0 aliphatic rings. The molecule has 0 radical (unpaired) electrons. The van der Waals surface area contributed by atoms with Crippen molar-refractivity contribution in [3.05, 3.63) is 95.9 Å². The Balaban J connectivity index is 1.64. The zero-order valence-corrected chi connectivity index (χ0v) is 21.8. The number of fused-ring (bicyclic) bond motifs is 1. The van der Waals surface area contributed by atoms with Gasteiger partial charge in [-0.25, -0.2) is 9.97 Å². The maximum Gasteiger partial charge on any atom is 0.416 e. The summed E-state index contributed by atoms with van der Waals surface area (Å²) in [6.07, 6.45) is 0.546. The van der Waals surface area contributed by atoms with E-state index in [4.69, 9.17) is 4.74 Å². The largest absolute Gasteiger partial charge is 0.495 e. The smallest absolute Gasteiger partial charge is 0.416 e. The molecule has 0 fully saturated rings. The molecule has 1 amide bonds. The van der Waals surface area contributed by atoms with Crippen LogP contribution in [0.4, 0.5) is 24.8 Å². The van der Waals surface area contributed by atoms with E-state index in [0.717, 1.165) is 34.2 Å². The van der Waals surface area contributed by atoms with Gasteiger partial charge in [-0.05, 0) is 72.1 Å². The Hall–Kier alpha value is -4.99. The minimum absolute atomic E-state index is 0.0442. The predicted molar refractivity (Wildman–Crippen MR) is 148 cm³/mol. The van der Waals surface area contributed by atoms with Gasteiger partial charge in [-0.1, -0.05) is 12.1 Å². The normalized spacial score (nSPS) is 11.3. The van der Waals surface area contributed by atoms with Crippen LogP contribution in [0.3, 0.4) is 0 Å². The van der Waals surface area contributed by atoms with Gasteiger partial charge in [0, 0.05) is 47.8 Å². The minimum atomic E-state index is -4.52. The molecule has 0 spiro atoms. The molecule has 2 aromatic heterocycles. The molecule has 0 unspecified atom stereocenters. The number of nitrogens with one attached hydrogen (secondary N) is 2. The number of pyridine rings is 1. The second-order valence-corrected chi connectivity index (χ2v) is 9.01. The second-order valence-electron chi connectivity index (χ2n) is 9.01. The third kappa shape index (κ3) is 5.15. The van der Waals surface area contributed by atoms with Crippen molar-refractivity contribution in [3.8, 4) is 28.0 Å². The third-order valence-corrected chi connectivity index (χ3v) is 6.46. The number of hydrogen-bond donors (Lipinski definition) is 2. The number of carbonyl (C=O) groups excluding carboxylic acids is 1. The number of halogens is 3. The molecule has 7 nitrogen and oxygen atoms in total. The van der Waals surface area contributed by atoms with Crippen LogP contribution in [0.15, 0.2) is 79.3 Å². The number of benzene rings is 3. The van der Waals surface area contributed by atoms with Crippen LogP contribution in [0.1, 0.15) is 21.5 Å². The van der Waals surface area contributed by atoms with E-state index in [0.29, 0.717) is 28.3 Å². The fraction of sp³-hybridized carbons (Fsp3) is 0.133. The summed E-state index contributed by atoms with van der Waals surface area (Å²) in [5.74, 6) is 0.441. The van der Waals surface area contributed by atoms with Crippen LogP contribution in [0, 0.1) is 6.92 Å². The summed E-state index contributed by atoms with van der Waals surface area (Å²) >= 11 is 0. The van der Waals surface area contributed by atoms with Gasteiger partial charge in [0.25, 0.3) is 5.91 Å². The lowest BCUT2D eigenvalue weighted by Gasteiger charge is -2.19. The quantitative estimate of drug-likeness (QED) is 0.240. The number of aromatic nitrogens is 3. The van der Waals surface area contributed by atoms with Gasteiger partial charge in [-0.2, -0.15) is 13.2 Å². The second kappa shape index (κ2) is 10.6. The summed E-state index contributed by atoms with van der Waals surface area (Å²) in [5.41, 5.74) is 3.98. The Labute approximate surface area is 228 Å². The SMILES string of the molecule is CNc1ncc2cc(-c3cc(C(=O)Nc4cccc(C(F)(F)F)c4)ccc3C)c(OC)c(-c3ccncc3)c2n1. The number of anilines is 2. The van der Waals surface area contributed by atoms with E-state index < -0.39 is 17.6 Å². The van der Waals surface area contributed by atoms with Gasteiger partial charge < -0.3 is 15.4 Å². The molecule has 0 saturated heterocycles. The van der Waals surface area contributed by atoms with Gasteiger partial charge in [0.15, 0.2) is 0 Å². The number of carbonyl (C=O) groups is 1. The number of nitrogens with zero attached hydrogens (tertiary/aromatic N) is 3. The summed E-state index contributed by atoms with van der Waals surface area (Å²) in [5, 5.41) is 6.28. The molecule has 0 saturated carbocycles. The highest BCUT2D eigenvalue weighted by atomic mass is 19.4. The van der Waals surface area contributed by atoms with E-state index in [-0.39, 0.29) is 11.3 Å². The molecule has 2 heterocycles. The third-order valence-electron chi connectivity index (χ3n) is 6.46. The average Bonchev–Trinajstić information content (AvgIpc) is 2.96. The standard InChI is InChI=1S/C30H24F3N5O2/c1-17-7-8-19(28(39)37-22-6-4-5-21(15-22)30(31,32)33)13-23(17)24-14-20-16-36-29(34-2)38-26(20)25(27(24)40-3)18-9-11-35-12-10-18/h4-16H,1-3H3,(H,37,39)(H,34,36,38). The maximum absolute atomic E-state index is 13.2. The predicted octanol–water partition coefficient (Wildman–Crippen LogP) is 6.99. The fourth-order valence-corrected chi connectivity index (χ4v) is 4.51. The van der Waals surface area contributed by atoms with Crippen molar-refractivity contribution in [2.24, 2.45) is 0 Å². The van der Waals surface area contributed by atoms with Crippen LogP contribution >= 0.6 is 0 Å². The molecule has 0 bridgehead atoms. The van der Waals surface area contributed by atoms with E-state index in [1.165, 1.54) is 12.1 Å². The van der Waals surface area contributed by atoms with Crippen molar-refractivity contribution in [2.45, 2.75) is 13.1 Å². The first-order valence-electron chi connectivity index (χ1n) is 12.2. The number of alkyl halides is 3. The van der Waals surface area contributed by atoms with Crippen molar-refractivity contribution in [1.29, 1.82) is 0 Å². The number of aryl methyl sites for hydroxylation is 1. The Bertz CT molecular complexity index is 1720. The number of methoxy groups -OCH3 is 1. The summed E-state index contributed by atoms with van der Waals surface area (Å²) in [6, 6.07) is 15.2. The summed E-state index contributed by atoms with van der Waals surface area (Å²) < 4.78 is 45.4. The van der Waals surface area contributed by atoms with Crippen molar-refractivity contribution in [1.82, 2.24) is 15.0 Å². The number of hydrogen-bond acceptors (Lipinski definition) is 6. The number of ether oxygens (including phenoxy) is 1. The van der Waals surface area contributed by atoms with Crippen LogP contribution in [0.25, 0.3) is 33.2 Å². The van der Waals surface area contributed by atoms with E-state index in [1.807, 2.05) is 25.1 Å². The molecule has 10 heteroatoms. The van der Waals surface area contributed by atoms with E-state index in [9.17, 15) is 18.0 Å². The molecular formula is C30H24F3N5O2. The van der Waals surface area contributed by atoms with E-state index in [1.54, 1.807) is 50.9 Å². The zero-order chi connectivity index (χ0) is 28.4. The first kappa shape index (κ1) is 26.6. The number of rotatable bonds is 6. The first-order chi connectivity index (χ1) is 19.2. The first-order valence-corrected chi connectivity index (χ1v) is 12.2. The molecule has 0 aliphatic carbocycles. The zero-order valence-electron chi connectivity index (χ0n) is 21.8. The molecule has 3 aromatic carbocycles. The highest BCUT2D eigenvalue weighted by molar-refractivity contribution is 6.06. The van der Waals surface area contributed by atoms with Crippen LogP contribution in [-0.2, 0) is 6.18 Å². The number of amides is 1. The molecule has 0 atom stereocenters. The van der Waals surface area contributed by atoms with Gasteiger partial charge in [0.1, 0.15) is 5.75 Å². The Morgan fingerprint density at radius 1 is 0.975 bits per heavy atom. The van der Waals surface area contributed by atoms with Gasteiger partial charge in [-0.15, -0.1) is 0 Å². The molecule has 5 rings (SSSR count). The minimum Gasteiger partial charge on any atom is -0.495 e. The van der Waals surface area contributed by atoms with Gasteiger partial charge in [-0.3, -0.25) is 9.78 Å². The lowest BCUT2D eigenvalue weighted by atomic mass is 9.91. The van der Waals surface area contributed by atoms with Crippen LogP contribution in [0.5, 0.6) is 5.75 Å². The maximum atomic E-state index is 13.2. The lowest BCUT2D eigenvalue weighted by Crippen LogP contribution is -2.13. The van der Waals surface area contributed by atoms with Crippen LogP contribution in [0.2, 0.25) is 0 Å². The Kier molecular flexibility index (Phi) is 7.08. The Morgan fingerprint density at radius 3 is 2.45 bits per heavy atom. The summed E-state index contributed by atoms with van der Waals surface area (Å²) in [7, 11) is 3.30. The monoisotopic (exact) mass is 543 g/mol. The van der Waals surface area contributed by atoms with E-state index >= 15 is 0 Å². The van der Waals surface area contributed by atoms with Crippen molar-refractivity contribution in [2.75, 3.05) is 24.8 Å². The van der Waals surface area contributed by atoms with Crippen LogP contribution < -0.4 is 15.4 Å². The molecule has 0 aliphatic heterocycles.